The van der Waals surface area contributed by atoms with Gasteiger partial charge in [-0.05, 0) is 17.5 Å². The largest absolute Gasteiger partial charge is 0.329 e. The summed E-state index contributed by atoms with van der Waals surface area (Å²) in [6.07, 6.45) is 1.68. The molecule has 0 fully saturated rings. The summed E-state index contributed by atoms with van der Waals surface area (Å²) in [5, 5.41) is 0. The van der Waals surface area contributed by atoms with E-state index in [1.54, 1.807) is 12.3 Å². The number of hydrogen-bond acceptors (Lipinski definition) is 1. The fourth-order valence-corrected chi connectivity index (χ4v) is 0.820. The van der Waals surface area contributed by atoms with Gasteiger partial charge in [0.2, 0.25) is 5.56 Å². The fourth-order valence-electron chi connectivity index (χ4n) is 0.820. The Labute approximate surface area is 73.6 Å². The molecule has 1 heterocycles. The van der Waals surface area contributed by atoms with E-state index in [9.17, 15) is 4.79 Å². The molecule has 0 radical (unpaired) electrons. The smallest absolute Gasteiger partial charge is 0.248 e. The molecule has 0 aliphatic heterocycles. The minimum atomic E-state index is -0.0220. The van der Waals surface area contributed by atoms with Gasteiger partial charge in [-0.15, -0.1) is 0 Å². The molecule has 12 heavy (non-hydrogen) atoms. The third-order valence-corrected chi connectivity index (χ3v) is 1.47. The van der Waals surface area contributed by atoms with Gasteiger partial charge in [0.1, 0.15) is 0 Å². The summed E-state index contributed by atoms with van der Waals surface area (Å²) < 4.78 is 0. The van der Waals surface area contributed by atoms with Crippen molar-refractivity contribution in [2.45, 2.75) is 33.6 Å². The molecule has 0 aliphatic rings. The van der Waals surface area contributed by atoms with Gasteiger partial charge in [0.25, 0.3) is 0 Å². The summed E-state index contributed by atoms with van der Waals surface area (Å²) in [6.45, 7) is 8.13. The van der Waals surface area contributed by atoms with Gasteiger partial charge in [-0.3, -0.25) is 4.79 Å². The molecule has 0 aromatic carbocycles. The van der Waals surface area contributed by atoms with Crippen LogP contribution in [0.3, 0.4) is 0 Å². The molecule has 0 bridgehead atoms. The van der Waals surface area contributed by atoms with Crippen LogP contribution in [-0.2, 0) is 0 Å². The van der Waals surface area contributed by atoms with Crippen LogP contribution in [0.25, 0.3) is 0 Å². The van der Waals surface area contributed by atoms with Gasteiger partial charge in [0, 0.05) is 12.3 Å². The highest BCUT2D eigenvalue weighted by molar-refractivity contribution is 5.13. The molecule has 1 aromatic heterocycles. The van der Waals surface area contributed by atoms with Gasteiger partial charge in [0.15, 0.2) is 0 Å². The molecule has 0 amide bonds. The minimum Gasteiger partial charge on any atom is -0.329 e. The SMILES string of the molecule is CC.CC(C)c1cc[nH]c(=O)c1. The van der Waals surface area contributed by atoms with Crippen molar-refractivity contribution in [2.24, 2.45) is 0 Å². The molecule has 1 rings (SSSR count). The quantitative estimate of drug-likeness (QED) is 0.685. The highest BCUT2D eigenvalue weighted by Gasteiger charge is 1.96. The van der Waals surface area contributed by atoms with Gasteiger partial charge in [-0.25, -0.2) is 0 Å². The Morgan fingerprint density at radius 1 is 1.33 bits per heavy atom. The molecule has 2 heteroatoms. The van der Waals surface area contributed by atoms with E-state index in [1.807, 2.05) is 19.9 Å². The normalized spacial score (nSPS) is 9.08. The molecular formula is C10H17NO. The highest BCUT2D eigenvalue weighted by atomic mass is 16.1. The molecule has 68 valence electrons. The first-order valence-corrected chi connectivity index (χ1v) is 4.39. The average Bonchev–Trinajstić information content (AvgIpc) is 2.08. The lowest BCUT2D eigenvalue weighted by Crippen LogP contribution is -2.04. The lowest BCUT2D eigenvalue weighted by Gasteiger charge is -2.01. The Balaban J connectivity index is 0.000000561. The molecule has 2 nitrogen and oxygen atoms in total. The second kappa shape index (κ2) is 5.58. The van der Waals surface area contributed by atoms with Crippen LogP contribution in [0.2, 0.25) is 0 Å². The summed E-state index contributed by atoms with van der Waals surface area (Å²) in [5.74, 6) is 0.433. The number of rotatable bonds is 1. The molecule has 0 saturated heterocycles. The maximum absolute atomic E-state index is 10.7. The van der Waals surface area contributed by atoms with E-state index < -0.39 is 0 Å². The van der Waals surface area contributed by atoms with Crippen molar-refractivity contribution < 1.29 is 0 Å². The van der Waals surface area contributed by atoms with Crippen LogP contribution in [0, 0.1) is 0 Å². The van der Waals surface area contributed by atoms with Crippen molar-refractivity contribution in [2.75, 3.05) is 0 Å². The number of hydrogen-bond donors (Lipinski definition) is 1. The first-order chi connectivity index (χ1) is 5.70. The van der Waals surface area contributed by atoms with E-state index in [0.29, 0.717) is 5.92 Å². The number of aromatic amines is 1. The monoisotopic (exact) mass is 167 g/mol. The maximum Gasteiger partial charge on any atom is 0.248 e. The maximum atomic E-state index is 10.7. The topological polar surface area (TPSA) is 32.9 Å². The number of H-pyrrole nitrogens is 1. The van der Waals surface area contributed by atoms with Crippen LogP contribution >= 0.6 is 0 Å². The van der Waals surface area contributed by atoms with E-state index in [-0.39, 0.29) is 5.56 Å². The van der Waals surface area contributed by atoms with Gasteiger partial charge >= 0.3 is 0 Å². The van der Waals surface area contributed by atoms with Crippen molar-refractivity contribution in [3.8, 4) is 0 Å². The number of aromatic nitrogens is 1. The van der Waals surface area contributed by atoms with Gasteiger partial charge in [0.05, 0.1) is 0 Å². The third-order valence-electron chi connectivity index (χ3n) is 1.47. The Morgan fingerprint density at radius 3 is 2.25 bits per heavy atom. The molecule has 0 aliphatic carbocycles. The van der Waals surface area contributed by atoms with Crippen LogP contribution in [0.4, 0.5) is 0 Å². The number of pyridine rings is 1. The predicted molar refractivity (Wildman–Crippen MR) is 52.5 cm³/mol. The van der Waals surface area contributed by atoms with E-state index in [1.165, 1.54) is 0 Å². The van der Waals surface area contributed by atoms with Crippen LogP contribution < -0.4 is 5.56 Å². The first-order valence-electron chi connectivity index (χ1n) is 4.39. The van der Waals surface area contributed by atoms with Gasteiger partial charge in [-0.1, -0.05) is 27.7 Å². The van der Waals surface area contributed by atoms with E-state index >= 15 is 0 Å². The Bertz CT molecular complexity index is 263. The lowest BCUT2D eigenvalue weighted by atomic mass is 10.1. The molecule has 0 spiro atoms. The average molecular weight is 167 g/mol. The second-order valence-corrected chi connectivity index (χ2v) is 2.64. The molecule has 0 atom stereocenters. The lowest BCUT2D eigenvalue weighted by molar-refractivity contribution is 0.859. The number of nitrogens with one attached hydrogen (secondary N) is 1. The van der Waals surface area contributed by atoms with Crippen LogP contribution in [0.1, 0.15) is 39.2 Å². The Kier molecular flexibility index (Phi) is 5.09. The standard InChI is InChI=1S/C8H11NO.C2H6/c1-6(2)7-3-4-9-8(10)5-7;1-2/h3-6H,1-2H3,(H,9,10);1-2H3. The van der Waals surface area contributed by atoms with Crippen molar-refractivity contribution in [1.82, 2.24) is 4.98 Å². The Morgan fingerprint density at radius 2 is 1.92 bits per heavy atom. The van der Waals surface area contributed by atoms with Crippen LogP contribution in [-0.4, -0.2) is 4.98 Å². The van der Waals surface area contributed by atoms with Gasteiger partial charge in [-0.2, -0.15) is 0 Å². The first kappa shape index (κ1) is 11.0. The zero-order valence-corrected chi connectivity index (χ0v) is 8.22. The summed E-state index contributed by atoms with van der Waals surface area (Å²) >= 11 is 0. The van der Waals surface area contributed by atoms with Crippen molar-refractivity contribution in [3.05, 3.63) is 34.2 Å². The molecule has 1 aromatic rings. The predicted octanol–water partition coefficient (Wildman–Crippen LogP) is 2.52. The van der Waals surface area contributed by atoms with E-state index in [2.05, 4.69) is 18.8 Å². The van der Waals surface area contributed by atoms with E-state index in [0.717, 1.165) is 5.56 Å². The Hall–Kier alpha value is -1.05. The van der Waals surface area contributed by atoms with Crippen molar-refractivity contribution in [3.63, 3.8) is 0 Å². The van der Waals surface area contributed by atoms with Crippen LogP contribution in [0.15, 0.2) is 23.1 Å². The minimum absolute atomic E-state index is 0.0220. The van der Waals surface area contributed by atoms with Crippen molar-refractivity contribution >= 4 is 0 Å². The van der Waals surface area contributed by atoms with Gasteiger partial charge < -0.3 is 4.98 Å². The molecule has 1 N–H and O–H groups in total. The highest BCUT2D eigenvalue weighted by Crippen LogP contribution is 2.09. The molecule has 0 unspecified atom stereocenters. The summed E-state index contributed by atoms with van der Waals surface area (Å²) in [4.78, 5) is 13.3. The summed E-state index contributed by atoms with van der Waals surface area (Å²) in [5.41, 5.74) is 1.06. The van der Waals surface area contributed by atoms with E-state index in [4.69, 9.17) is 0 Å². The second-order valence-electron chi connectivity index (χ2n) is 2.64. The van der Waals surface area contributed by atoms with Crippen molar-refractivity contribution in [1.29, 1.82) is 0 Å². The van der Waals surface area contributed by atoms with Crippen LogP contribution in [0.5, 0.6) is 0 Å². The third kappa shape index (κ3) is 3.37. The summed E-state index contributed by atoms with van der Waals surface area (Å²) in [7, 11) is 0. The molecular weight excluding hydrogens is 150 g/mol. The summed E-state index contributed by atoms with van der Waals surface area (Å²) in [6, 6.07) is 3.55. The zero-order chi connectivity index (χ0) is 9.56. The fraction of sp³-hybridized carbons (Fsp3) is 0.500. The zero-order valence-electron chi connectivity index (χ0n) is 8.22. The molecule has 0 saturated carbocycles.